The number of nitrogens with zero attached hydrogens (tertiary/aromatic N) is 3. The summed E-state index contributed by atoms with van der Waals surface area (Å²) in [6, 6.07) is 6.01. The Morgan fingerprint density at radius 2 is 2.15 bits per heavy atom. The molecule has 1 fully saturated rings. The summed E-state index contributed by atoms with van der Waals surface area (Å²) in [6.07, 6.45) is 4.76. The van der Waals surface area contributed by atoms with Gasteiger partial charge in [0.05, 0.1) is 0 Å². The van der Waals surface area contributed by atoms with E-state index in [0.29, 0.717) is 29.7 Å². The maximum absolute atomic E-state index is 12.4. The van der Waals surface area contributed by atoms with Crippen LogP contribution in [0.4, 0.5) is 0 Å². The Labute approximate surface area is 156 Å². The fraction of sp³-hybridized carbons (Fsp3) is 0.421. The molecule has 0 bridgehead atoms. The van der Waals surface area contributed by atoms with Gasteiger partial charge in [-0.2, -0.15) is 0 Å². The van der Waals surface area contributed by atoms with Crippen molar-refractivity contribution in [3.63, 3.8) is 0 Å². The van der Waals surface area contributed by atoms with Crippen molar-refractivity contribution in [1.29, 1.82) is 0 Å². The van der Waals surface area contributed by atoms with Crippen LogP contribution in [0.5, 0.6) is 0 Å². The molecule has 3 aromatic rings. The summed E-state index contributed by atoms with van der Waals surface area (Å²) in [7, 11) is 0. The summed E-state index contributed by atoms with van der Waals surface area (Å²) in [4.78, 5) is 22.2. The van der Waals surface area contributed by atoms with Crippen molar-refractivity contribution >= 4 is 28.5 Å². The van der Waals surface area contributed by atoms with Gasteiger partial charge in [-0.3, -0.25) is 4.79 Å². The van der Waals surface area contributed by atoms with Crippen molar-refractivity contribution in [2.75, 3.05) is 13.1 Å². The molecule has 4 heterocycles. The molecular weight excluding hydrogens is 352 g/mol. The van der Waals surface area contributed by atoms with Gasteiger partial charge in [-0.05, 0) is 37.5 Å². The molecule has 1 aliphatic rings. The molecule has 6 nitrogen and oxygen atoms in total. The van der Waals surface area contributed by atoms with E-state index < -0.39 is 0 Å². The van der Waals surface area contributed by atoms with E-state index in [1.807, 2.05) is 11.1 Å². The van der Waals surface area contributed by atoms with Crippen LogP contribution in [0.1, 0.15) is 42.2 Å². The van der Waals surface area contributed by atoms with Crippen LogP contribution in [-0.4, -0.2) is 39.0 Å². The molecule has 26 heavy (non-hydrogen) atoms. The molecule has 0 radical (unpaired) electrons. The lowest BCUT2D eigenvalue weighted by atomic mass is 9.93. The molecule has 1 aliphatic heterocycles. The third kappa shape index (κ3) is 3.60. The zero-order valence-electron chi connectivity index (χ0n) is 14.7. The third-order valence-corrected chi connectivity index (χ3v) is 5.21. The molecular formula is C19H21ClN4O2. The Kier molecular flexibility index (Phi) is 4.68. The number of hydrogen-bond donors (Lipinski definition) is 1. The van der Waals surface area contributed by atoms with Crippen molar-refractivity contribution in [3.8, 4) is 0 Å². The first kappa shape index (κ1) is 17.1. The number of pyridine rings is 1. The highest BCUT2D eigenvalue weighted by Gasteiger charge is 2.25. The minimum atomic E-state index is 0.157. The second kappa shape index (κ2) is 7.11. The number of amides is 1. The van der Waals surface area contributed by atoms with Crippen LogP contribution in [0.3, 0.4) is 0 Å². The van der Waals surface area contributed by atoms with E-state index in [0.717, 1.165) is 42.5 Å². The summed E-state index contributed by atoms with van der Waals surface area (Å²) >= 11 is 5.73. The van der Waals surface area contributed by atoms with Gasteiger partial charge in [0.15, 0.2) is 5.15 Å². The number of halogens is 1. The highest BCUT2D eigenvalue weighted by atomic mass is 35.5. The second-order valence-electron chi connectivity index (χ2n) is 6.95. The number of fused-ring (bicyclic) bond motifs is 1. The number of aromatic nitrogens is 3. The number of likely N-dealkylation sites (tertiary alicyclic amines) is 1. The quantitative estimate of drug-likeness (QED) is 0.754. The first-order valence-corrected chi connectivity index (χ1v) is 9.30. The van der Waals surface area contributed by atoms with Gasteiger partial charge in [0.1, 0.15) is 11.4 Å². The monoisotopic (exact) mass is 372 g/mol. The molecule has 0 spiro atoms. The highest BCUT2D eigenvalue weighted by Crippen LogP contribution is 2.30. The predicted molar refractivity (Wildman–Crippen MR) is 99.2 cm³/mol. The van der Waals surface area contributed by atoms with E-state index in [-0.39, 0.29) is 5.91 Å². The molecule has 0 unspecified atom stereocenters. The Morgan fingerprint density at radius 1 is 1.35 bits per heavy atom. The fourth-order valence-electron chi connectivity index (χ4n) is 3.60. The van der Waals surface area contributed by atoms with Gasteiger partial charge >= 0.3 is 0 Å². The summed E-state index contributed by atoms with van der Waals surface area (Å²) in [5.41, 5.74) is 3.33. The molecule has 3 aromatic heterocycles. The molecule has 4 rings (SSSR count). The van der Waals surface area contributed by atoms with Gasteiger partial charge in [0.25, 0.3) is 0 Å². The normalized spacial score (nSPS) is 15.7. The first-order chi connectivity index (χ1) is 12.6. The highest BCUT2D eigenvalue weighted by molar-refractivity contribution is 6.29. The average molecular weight is 373 g/mol. The minimum Gasteiger partial charge on any atom is -0.360 e. The topological polar surface area (TPSA) is 75.0 Å². The summed E-state index contributed by atoms with van der Waals surface area (Å²) in [5, 5.41) is 5.12. The van der Waals surface area contributed by atoms with Crippen molar-refractivity contribution in [3.05, 3.63) is 46.6 Å². The molecule has 0 aromatic carbocycles. The Bertz CT molecular complexity index is 925. The van der Waals surface area contributed by atoms with E-state index >= 15 is 0 Å². The molecule has 7 heteroatoms. The number of nitrogens with one attached hydrogen (secondary N) is 1. The molecule has 0 aliphatic carbocycles. The lowest BCUT2D eigenvalue weighted by Crippen LogP contribution is -2.38. The summed E-state index contributed by atoms with van der Waals surface area (Å²) in [6.45, 7) is 3.61. The van der Waals surface area contributed by atoms with Gasteiger partial charge in [-0.1, -0.05) is 16.8 Å². The Balaban J connectivity index is 1.33. The van der Waals surface area contributed by atoms with Crippen LogP contribution in [-0.2, 0) is 11.2 Å². The van der Waals surface area contributed by atoms with Crippen molar-refractivity contribution in [1.82, 2.24) is 20.0 Å². The molecule has 0 atom stereocenters. The van der Waals surface area contributed by atoms with Crippen LogP contribution >= 0.6 is 11.6 Å². The zero-order chi connectivity index (χ0) is 18.1. The van der Waals surface area contributed by atoms with Crippen LogP contribution in [0.15, 0.2) is 28.9 Å². The Hall–Kier alpha value is -2.34. The van der Waals surface area contributed by atoms with E-state index in [9.17, 15) is 4.79 Å². The van der Waals surface area contributed by atoms with Crippen LogP contribution < -0.4 is 0 Å². The van der Waals surface area contributed by atoms with Crippen LogP contribution in [0.2, 0.25) is 5.15 Å². The summed E-state index contributed by atoms with van der Waals surface area (Å²) < 4.78 is 5.05. The fourth-order valence-corrected chi connectivity index (χ4v) is 3.76. The maximum atomic E-state index is 12.4. The molecule has 0 saturated carbocycles. The number of aryl methyl sites for hydroxylation is 2. The SMILES string of the molecule is Cc1cnc2[nH]c(C3CCN(C(=O)CCc4cc(Cl)no4)CC3)cc2c1. The number of aromatic amines is 1. The predicted octanol–water partition coefficient (Wildman–Crippen LogP) is 3.85. The van der Waals surface area contributed by atoms with Gasteiger partial charge in [-0.15, -0.1) is 0 Å². The number of carbonyl (C=O) groups is 1. The van der Waals surface area contributed by atoms with Crippen molar-refractivity contribution in [2.45, 2.75) is 38.5 Å². The first-order valence-electron chi connectivity index (χ1n) is 8.92. The standard InChI is InChI=1S/C19H21ClN4O2/c1-12-8-14-9-16(22-19(14)21-11-12)13-4-6-24(7-5-13)18(25)3-2-15-10-17(20)23-26-15/h8-11,13H,2-7H2,1H3,(H,21,22). The molecule has 1 amide bonds. The van der Waals surface area contributed by atoms with Crippen molar-refractivity contribution < 1.29 is 9.32 Å². The number of H-pyrrole nitrogens is 1. The molecule has 1 saturated heterocycles. The zero-order valence-corrected chi connectivity index (χ0v) is 15.4. The van der Waals surface area contributed by atoms with E-state index in [4.69, 9.17) is 16.1 Å². The Morgan fingerprint density at radius 3 is 2.88 bits per heavy atom. The van der Waals surface area contributed by atoms with Crippen LogP contribution in [0, 0.1) is 6.92 Å². The maximum Gasteiger partial charge on any atom is 0.223 e. The largest absolute Gasteiger partial charge is 0.360 e. The number of hydrogen-bond acceptors (Lipinski definition) is 4. The van der Waals surface area contributed by atoms with Crippen molar-refractivity contribution in [2.24, 2.45) is 0 Å². The lowest BCUT2D eigenvalue weighted by molar-refractivity contribution is -0.132. The number of rotatable bonds is 4. The van der Waals surface area contributed by atoms with E-state index in [1.54, 1.807) is 6.07 Å². The number of carbonyl (C=O) groups excluding carboxylic acids is 1. The van der Waals surface area contributed by atoms with Gasteiger partial charge in [-0.25, -0.2) is 4.98 Å². The third-order valence-electron chi connectivity index (χ3n) is 5.03. The second-order valence-corrected chi connectivity index (χ2v) is 7.33. The molecule has 1 N–H and O–H groups in total. The number of piperidine rings is 1. The van der Waals surface area contributed by atoms with Gasteiger partial charge in [0, 0.05) is 55.2 Å². The molecule has 136 valence electrons. The minimum absolute atomic E-state index is 0.157. The van der Waals surface area contributed by atoms with E-state index in [1.165, 1.54) is 5.69 Å². The average Bonchev–Trinajstić information content (AvgIpc) is 3.25. The lowest BCUT2D eigenvalue weighted by Gasteiger charge is -2.31. The smallest absolute Gasteiger partial charge is 0.223 e. The summed E-state index contributed by atoms with van der Waals surface area (Å²) in [5.74, 6) is 1.26. The van der Waals surface area contributed by atoms with Crippen LogP contribution in [0.25, 0.3) is 11.0 Å². The van der Waals surface area contributed by atoms with Gasteiger partial charge in [0.2, 0.25) is 5.91 Å². The van der Waals surface area contributed by atoms with E-state index in [2.05, 4.69) is 34.2 Å². The van der Waals surface area contributed by atoms with Gasteiger partial charge < -0.3 is 14.4 Å².